The Hall–Kier alpha value is -4.11. The predicted molar refractivity (Wildman–Crippen MR) is 152 cm³/mol. The molecule has 0 saturated carbocycles. The van der Waals surface area contributed by atoms with Gasteiger partial charge in [0.25, 0.3) is 0 Å². The summed E-state index contributed by atoms with van der Waals surface area (Å²) in [7, 11) is 3.68. The van der Waals surface area contributed by atoms with Gasteiger partial charge in [0.1, 0.15) is 23.9 Å². The highest BCUT2D eigenvalue weighted by atomic mass is 16.5. The first-order valence-electron chi connectivity index (χ1n) is 13.2. The lowest BCUT2D eigenvalue weighted by atomic mass is 9.96. The minimum Gasteiger partial charge on any atom is -0.487 e. The van der Waals surface area contributed by atoms with Crippen LogP contribution in [0, 0.1) is 5.92 Å². The lowest BCUT2D eigenvalue weighted by Crippen LogP contribution is -2.61. The van der Waals surface area contributed by atoms with Crippen LogP contribution in [0.4, 0.5) is 0 Å². The number of carbonyl (C=O) groups is 3. The molecule has 9 heteroatoms. The molecule has 206 valence electrons. The van der Waals surface area contributed by atoms with Crippen molar-refractivity contribution in [2.24, 2.45) is 5.92 Å². The summed E-state index contributed by atoms with van der Waals surface area (Å²) in [6, 6.07) is 12.9. The number of hydrogen-bond acceptors (Lipinski definition) is 5. The Bertz CT molecular complexity index is 1340. The van der Waals surface area contributed by atoms with Crippen molar-refractivity contribution < 1.29 is 19.1 Å². The van der Waals surface area contributed by atoms with Gasteiger partial charge in [0.05, 0.1) is 6.04 Å². The van der Waals surface area contributed by atoms with Crippen LogP contribution in [0.5, 0.6) is 5.75 Å². The fourth-order valence-electron chi connectivity index (χ4n) is 4.68. The highest BCUT2D eigenvalue weighted by Gasteiger charge is 2.37. The molecule has 0 aliphatic carbocycles. The van der Waals surface area contributed by atoms with E-state index in [1.54, 1.807) is 13.0 Å². The van der Waals surface area contributed by atoms with E-state index in [4.69, 9.17) is 4.74 Å². The second-order valence-corrected chi connectivity index (χ2v) is 10.5. The second kappa shape index (κ2) is 12.2. The molecule has 4 N–H and O–H groups in total. The molecule has 3 heterocycles. The first kappa shape index (κ1) is 27.9. The van der Waals surface area contributed by atoms with Gasteiger partial charge in [-0.2, -0.15) is 0 Å². The number of H-pyrrole nitrogens is 1. The molecule has 2 aliphatic heterocycles. The van der Waals surface area contributed by atoms with E-state index in [1.807, 2.05) is 87.6 Å². The minimum absolute atomic E-state index is 0.135. The summed E-state index contributed by atoms with van der Waals surface area (Å²) in [6.45, 7) is 5.47. The van der Waals surface area contributed by atoms with Crippen LogP contribution in [0.3, 0.4) is 0 Å². The summed E-state index contributed by atoms with van der Waals surface area (Å²) in [6.07, 6.45) is 4.97. The molecule has 1 unspecified atom stereocenters. The van der Waals surface area contributed by atoms with Gasteiger partial charge in [-0.3, -0.25) is 19.3 Å². The second-order valence-electron chi connectivity index (χ2n) is 10.5. The van der Waals surface area contributed by atoms with Gasteiger partial charge in [0, 0.05) is 23.3 Å². The van der Waals surface area contributed by atoms with E-state index in [0.717, 1.165) is 22.0 Å². The van der Waals surface area contributed by atoms with Crippen molar-refractivity contribution in [1.82, 2.24) is 25.8 Å². The molecular weight excluding hydrogens is 494 g/mol. The van der Waals surface area contributed by atoms with Crippen LogP contribution in [0.25, 0.3) is 17.0 Å². The van der Waals surface area contributed by atoms with Gasteiger partial charge in [-0.25, -0.2) is 0 Å². The van der Waals surface area contributed by atoms with Crippen molar-refractivity contribution in [3.05, 3.63) is 72.1 Å². The molecule has 2 bridgehead atoms. The highest BCUT2D eigenvalue weighted by Crippen LogP contribution is 2.22. The predicted octanol–water partition coefficient (Wildman–Crippen LogP) is 2.83. The quantitative estimate of drug-likeness (QED) is 0.391. The standard InChI is InChI=1S/C30H37N5O4/c1-18(2)27-26(30(38)33-19(3)28(36)31-15-14-20-10-12-22(39-27)13-11-20)34-29(37)25(35(4)5)16-21-17-32-24-9-7-6-8-23(21)24/h6-15,17-19,25-27,32H,16H2,1-5H3,(H,31,36)(H,33,38)(H,34,37)/b15-14-/t19-,25?,26-,27-/m0/s1. The molecule has 0 fully saturated rings. The van der Waals surface area contributed by atoms with Crippen LogP contribution in [-0.2, 0) is 20.8 Å². The molecular formula is C30H37N5O4. The summed E-state index contributed by atoms with van der Waals surface area (Å²) in [4.78, 5) is 45.1. The fraction of sp³-hybridized carbons (Fsp3) is 0.367. The molecule has 0 spiro atoms. The van der Waals surface area contributed by atoms with Crippen LogP contribution in [0.15, 0.2) is 60.9 Å². The number of aromatic nitrogens is 1. The number of carbonyl (C=O) groups excluding carboxylic acids is 3. The van der Waals surface area contributed by atoms with Gasteiger partial charge >= 0.3 is 0 Å². The van der Waals surface area contributed by atoms with E-state index in [0.29, 0.717) is 12.2 Å². The molecule has 5 rings (SSSR count). The van der Waals surface area contributed by atoms with E-state index in [1.165, 1.54) is 6.20 Å². The molecule has 0 saturated heterocycles. The fourth-order valence-corrected chi connectivity index (χ4v) is 4.68. The van der Waals surface area contributed by atoms with E-state index in [2.05, 4.69) is 20.9 Å². The van der Waals surface area contributed by atoms with Crippen molar-refractivity contribution in [2.45, 2.75) is 51.4 Å². The molecule has 3 amide bonds. The number of nitrogens with one attached hydrogen (secondary N) is 4. The van der Waals surface area contributed by atoms with E-state index in [9.17, 15) is 14.4 Å². The zero-order chi connectivity index (χ0) is 28.1. The average molecular weight is 532 g/mol. The summed E-state index contributed by atoms with van der Waals surface area (Å²) in [5.74, 6) is -0.729. The van der Waals surface area contributed by atoms with E-state index >= 15 is 0 Å². The minimum atomic E-state index is -1.05. The van der Waals surface area contributed by atoms with Crippen LogP contribution in [0.2, 0.25) is 0 Å². The van der Waals surface area contributed by atoms with Crippen molar-refractivity contribution in [1.29, 1.82) is 0 Å². The topological polar surface area (TPSA) is 116 Å². The smallest absolute Gasteiger partial charge is 0.247 e. The first-order valence-corrected chi connectivity index (χ1v) is 13.2. The van der Waals surface area contributed by atoms with Crippen molar-refractivity contribution in [3.63, 3.8) is 0 Å². The monoisotopic (exact) mass is 531 g/mol. The number of hydrogen-bond donors (Lipinski definition) is 4. The number of likely N-dealkylation sites (N-methyl/N-ethyl adjacent to an activating group) is 1. The van der Waals surface area contributed by atoms with Crippen molar-refractivity contribution >= 4 is 34.7 Å². The van der Waals surface area contributed by atoms with Gasteiger partial charge < -0.3 is 25.7 Å². The summed E-state index contributed by atoms with van der Waals surface area (Å²) >= 11 is 0. The molecule has 0 radical (unpaired) electrons. The van der Waals surface area contributed by atoms with Crippen LogP contribution in [0.1, 0.15) is 31.9 Å². The summed E-state index contributed by atoms with van der Waals surface area (Å²) < 4.78 is 6.30. The molecule has 2 aliphatic rings. The number of benzene rings is 2. The third-order valence-electron chi connectivity index (χ3n) is 6.99. The number of rotatable bonds is 6. The van der Waals surface area contributed by atoms with Gasteiger partial charge in [-0.15, -0.1) is 0 Å². The lowest BCUT2D eigenvalue weighted by molar-refractivity contribution is -0.135. The maximum atomic E-state index is 13.8. The molecule has 2 aromatic carbocycles. The number of ether oxygens (including phenoxy) is 1. The number of nitrogens with zero attached hydrogens (tertiary/aromatic N) is 1. The Kier molecular flexibility index (Phi) is 8.71. The number of aromatic amines is 1. The Morgan fingerprint density at radius 3 is 2.46 bits per heavy atom. The molecule has 4 atom stereocenters. The van der Waals surface area contributed by atoms with Gasteiger partial charge in [0.2, 0.25) is 17.7 Å². The number of para-hydroxylation sites is 1. The van der Waals surface area contributed by atoms with Crippen molar-refractivity contribution in [3.8, 4) is 5.75 Å². The largest absolute Gasteiger partial charge is 0.487 e. The van der Waals surface area contributed by atoms with Crippen LogP contribution >= 0.6 is 0 Å². The Labute approximate surface area is 229 Å². The zero-order valence-corrected chi connectivity index (χ0v) is 23.0. The third kappa shape index (κ3) is 6.67. The Morgan fingerprint density at radius 2 is 1.77 bits per heavy atom. The lowest BCUT2D eigenvalue weighted by Gasteiger charge is -2.33. The van der Waals surface area contributed by atoms with Gasteiger partial charge in [0.15, 0.2) is 0 Å². The van der Waals surface area contributed by atoms with Crippen LogP contribution in [-0.4, -0.2) is 65.9 Å². The zero-order valence-electron chi connectivity index (χ0n) is 23.0. The molecule has 39 heavy (non-hydrogen) atoms. The Morgan fingerprint density at radius 1 is 1.05 bits per heavy atom. The van der Waals surface area contributed by atoms with Gasteiger partial charge in [-0.05, 0) is 68.8 Å². The van der Waals surface area contributed by atoms with Crippen molar-refractivity contribution in [2.75, 3.05) is 14.1 Å². The number of amides is 3. The van der Waals surface area contributed by atoms with Gasteiger partial charge in [-0.1, -0.05) is 44.2 Å². The normalized spacial score (nSPS) is 21.7. The van der Waals surface area contributed by atoms with E-state index in [-0.39, 0.29) is 17.7 Å². The van der Waals surface area contributed by atoms with E-state index < -0.39 is 30.1 Å². The number of fused-ring (bicyclic) bond motifs is 11. The SMILES string of the molecule is CC(C)[C@@H]1Oc2ccc(cc2)/C=C\NC(=O)[C@H](C)NC(=O)[C@H]1NC(=O)C(Cc1c[nH]c2ccccc12)N(C)C. The maximum Gasteiger partial charge on any atom is 0.247 e. The Balaban J connectivity index is 1.64. The first-order chi connectivity index (χ1) is 18.6. The highest BCUT2D eigenvalue weighted by molar-refractivity contribution is 5.94. The van der Waals surface area contributed by atoms with Crippen LogP contribution < -0.4 is 20.7 Å². The average Bonchev–Trinajstić information content (AvgIpc) is 3.31. The summed E-state index contributed by atoms with van der Waals surface area (Å²) in [5.41, 5.74) is 2.88. The summed E-state index contributed by atoms with van der Waals surface area (Å²) in [5, 5.41) is 9.47. The third-order valence-corrected chi connectivity index (χ3v) is 6.99. The molecule has 9 nitrogen and oxygen atoms in total. The maximum absolute atomic E-state index is 13.8. The molecule has 3 aromatic rings. The molecule has 1 aromatic heterocycles.